The standard InChI is InChI=1S/C15H16N4O3S2/c1-2-9-16-24(21,22)12-7-5-10(6-8-12)13(20)17-15-19-18-14(23-15)11-3-4-11/h2,5-8,11,16H,1,3-4,9H2,(H,17,19,20). The Hall–Kier alpha value is -2.10. The van der Waals surface area contributed by atoms with Gasteiger partial charge < -0.3 is 0 Å². The van der Waals surface area contributed by atoms with Crippen LogP contribution in [0.25, 0.3) is 0 Å². The van der Waals surface area contributed by atoms with Gasteiger partial charge in [-0.05, 0) is 37.1 Å². The largest absolute Gasteiger partial charge is 0.296 e. The zero-order valence-corrected chi connectivity index (χ0v) is 14.4. The molecular formula is C15H16N4O3S2. The summed E-state index contributed by atoms with van der Waals surface area (Å²) in [5.74, 6) is 0.136. The maximum absolute atomic E-state index is 12.2. The van der Waals surface area contributed by atoms with Crippen LogP contribution in [0, 0.1) is 0 Å². The quantitative estimate of drug-likeness (QED) is 0.733. The first-order valence-electron chi connectivity index (χ1n) is 7.35. The van der Waals surface area contributed by atoms with E-state index in [2.05, 4.69) is 26.8 Å². The molecule has 1 aromatic carbocycles. The van der Waals surface area contributed by atoms with Crippen molar-refractivity contribution in [3.05, 3.63) is 47.5 Å². The van der Waals surface area contributed by atoms with Crippen molar-refractivity contribution in [1.82, 2.24) is 14.9 Å². The molecule has 9 heteroatoms. The fourth-order valence-corrected chi connectivity index (χ4v) is 3.89. The van der Waals surface area contributed by atoms with E-state index in [0.717, 1.165) is 17.8 Å². The van der Waals surface area contributed by atoms with Gasteiger partial charge in [-0.15, -0.1) is 16.8 Å². The molecule has 7 nitrogen and oxygen atoms in total. The number of anilines is 1. The molecule has 2 N–H and O–H groups in total. The Balaban J connectivity index is 1.67. The Labute approximate surface area is 143 Å². The Bertz CT molecular complexity index is 855. The summed E-state index contributed by atoms with van der Waals surface area (Å²) in [5, 5.41) is 12.1. The zero-order valence-electron chi connectivity index (χ0n) is 12.7. The number of aromatic nitrogens is 2. The zero-order chi connectivity index (χ0) is 17.2. The lowest BCUT2D eigenvalue weighted by molar-refractivity contribution is 0.102. The van der Waals surface area contributed by atoms with Gasteiger partial charge in [0, 0.05) is 18.0 Å². The van der Waals surface area contributed by atoms with Crippen molar-refractivity contribution in [3.63, 3.8) is 0 Å². The fraction of sp³-hybridized carbons (Fsp3) is 0.267. The number of hydrogen-bond donors (Lipinski definition) is 2. The molecule has 1 heterocycles. The second kappa shape index (κ2) is 6.80. The molecule has 0 radical (unpaired) electrons. The minimum absolute atomic E-state index is 0.0906. The van der Waals surface area contributed by atoms with E-state index in [-0.39, 0.29) is 17.3 Å². The van der Waals surface area contributed by atoms with Crippen LogP contribution < -0.4 is 10.0 Å². The van der Waals surface area contributed by atoms with E-state index in [1.165, 1.54) is 41.7 Å². The Morgan fingerprint density at radius 1 is 1.29 bits per heavy atom. The number of benzene rings is 1. The van der Waals surface area contributed by atoms with Gasteiger partial charge in [-0.1, -0.05) is 17.4 Å². The minimum atomic E-state index is -3.60. The molecule has 24 heavy (non-hydrogen) atoms. The molecule has 1 aliphatic rings. The molecule has 1 amide bonds. The van der Waals surface area contributed by atoms with E-state index in [1.54, 1.807) is 0 Å². The summed E-state index contributed by atoms with van der Waals surface area (Å²) < 4.78 is 26.3. The van der Waals surface area contributed by atoms with E-state index in [9.17, 15) is 13.2 Å². The maximum Gasteiger partial charge on any atom is 0.257 e. The van der Waals surface area contributed by atoms with Gasteiger partial charge in [0.1, 0.15) is 5.01 Å². The third kappa shape index (κ3) is 3.86. The summed E-state index contributed by atoms with van der Waals surface area (Å²) in [4.78, 5) is 12.3. The minimum Gasteiger partial charge on any atom is -0.296 e. The van der Waals surface area contributed by atoms with Crippen molar-refractivity contribution in [1.29, 1.82) is 0 Å². The van der Waals surface area contributed by atoms with Crippen molar-refractivity contribution in [2.45, 2.75) is 23.7 Å². The highest BCUT2D eigenvalue weighted by Crippen LogP contribution is 2.42. The highest BCUT2D eigenvalue weighted by Gasteiger charge is 2.27. The number of nitrogens with zero attached hydrogens (tertiary/aromatic N) is 2. The summed E-state index contributed by atoms with van der Waals surface area (Å²) in [7, 11) is -3.60. The summed E-state index contributed by atoms with van der Waals surface area (Å²) in [6.45, 7) is 3.60. The Morgan fingerprint density at radius 3 is 2.62 bits per heavy atom. The third-order valence-corrected chi connectivity index (χ3v) is 5.87. The molecule has 1 saturated carbocycles. The monoisotopic (exact) mass is 364 g/mol. The number of carbonyl (C=O) groups excluding carboxylic acids is 1. The van der Waals surface area contributed by atoms with Gasteiger partial charge in [-0.2, -0.15) is 0 Å². The van der Waals surface area contributed by atoms with E-state index in [1.807, 2.05) is 0 Å². The smallest absolute Gasteiger partial charge is 0.257 e. The number of rotatable bonds is 7. The molecule has 1 aromatic heterocycles. The van der Waals surface area contributed by atoms with Gasteiger partial charge >= 0.3 is 0 Å². The molecule has 0 unspecified atom stereocenters. The van der Waals surface area contributed by atoms with Gasteiger partial charge in [0.05, 0.1) is 4.90 Å². The predicted octanol–water partition coefficient (Wildman–Crippen LogP) is 2.13. The molecule has 0 atom stereocenters. The van der Waals surface area contributed by atoms with Crippen LogP contribution in [-0.2, 0) is 10.0 Å². The maximum atomic E-state index is 12.2. The van der Waals surface area contributed by atoms with Crippen LogP contribution in [0.2, 0.25) is 0 Å². The van der Waals surface area contributed by atoms with Crippen molar-refractivity contribution in [3.8, 4) is 0 Å². The summed E-state index contributed by atoms with van der Waals surface area (Å²) in [5.41, 5.74) is 0.348. The average Bonchev–Trinajstić information content (AvgIpc) is 3.33. The molecule has 126 valence electrons. The van der Waals surface area contributed by atoms with Crippen LogP contribution in [0.5, 0.6) is 0 Å². The van der Waals surface area contributed by atoms with Gasteiger partial charge in [-0.3, -0.25) is 10.1 Å². The van der Waals surface area contributed by atoms with E-state index in [4.69, 9.17) is 0 Å². The van der Waals surface area contributed by atoms with Crippen molar-refractivity contribution in [2.24, 2.45) is 0 Å². The van der Waals surface area contributed by atoms with Crippen molar-refractivity contribution < 1.29 is 13.2 Å². The lowest BCUT2D eigenvalue weighted by atomic mass is 10.2. The molecule has 3 rings (SSSR count). The first-order chi connectivity index (χ1) is 11.5. The number of sulfonamides is 1. The van der Waals surface area contributed by atoms with E-state index in [0.29, 0.717) is 16.6 Å². The molecule has 0 spiro atoms. The van der Waals surface area contributed by atoms with Crippen LogP contribution >= 0.6 is 11.3 Å². The third-order valence-electron chi connectivity index (χ3n) is 3.43. The van der Waals surface area contributed by atoms with Crippen LogP contribution in [0.1, 0.15) is 34.1 Å². The van der Waals surface area contributed by atoms with Crippen LogP contribution in [-0.4, -0.2) is 31.1 Å². The van der Waals surface area contributed by atoms with E-state index >= 15 is 0 Å². The first kappa shape index (κ1) is 16.7. The number of nitrogens with one attached hydrogen (secondary N) is 2. The summed E-state index contributed by atoms with van der Waals surface area (Å²) >= 11 is 1.37. The molecule has 1 aliphatic carbocycles. The van der Waals surface area contributed by atoms with Crippen LogP contribution in [0.3, 0.4) is 0 Å². The molecular weight excluding hydrogens is 348 g/mol. The fourth-order valence-electron chi connectivity index (χ4n) is 1.99. The predicted molar refractivity (Wildman–Crippen MR) is 91.7 cm³/mol. The lowest BCUT2D eigenvalue weighted by Crippen LogP contribution is -2.23. The molecule has 0 saturated heterocycles. The molecule has 0 bridgehead atoms. The highest BCUT2D eigenvalue weighted by molar-refractivity contribution is 7.89. The van der Waals surface area contributed by atoms with Gasteiger partial charge in [-0.25, -0.2) is 13.1 Å². The van der Waals surface area contributed by atoms with Gasteiger partial charge in [0.15, 0.2) is 0 Å². The van der Waals surface area contributed by atoms with Gasteiger partial charge in [0.2, 0.25) is 15.2 Å². The molecule has 0 aliphatic heterocycles. The SMILES string of the molecule is C=CCNS(=O)(=O)c1ccc(C(=O)Nc2nnc(C3CC3)s2)cc1. The number of hydrogen-bond acceptors (Lipinski definition) is 6. The first-order valence-corrected chi connectivity index (χ1v) is 9.65. The molecule has 2 aromatic rings. The van der Waals surface area contributed by atoms with Crippen molar-refractivity contribution in [2.75, 3.05) is 11.9 Å². The van der Waals surface area contributed by atoms with Gasteiger partial charge in [0.25, 0.3) is 5.91 Å². The average molecular weight is 364 g/mol. The van der Waals surface area contributed by atoms with Crippen molar-refractivity contribution >= 4 is 32.4 Å². The number of carbonyl (C=O) groups is 1. The van der Waals surface area contributed by atoms with E-state index < -0.39 is 10.0 Å². The van der Waals surface area contributed by atoms with Crippen LogP contribution in [0.15, 0.2) is 41.8 Å². The topological polar surface area (TPSA) is 101 Å². The normalized spacial score (nSPS) is 14.3. The highest BCUT2D eigenvalue weighted by atomic mass is 32.2. The summed E-state index contributed by atoms with van der Waals surface area (Å²) in [6, 6.07) is 5.69. The Kier molecular flexibility index (Phi) is 4.74. The Morgan fingerprint density at radius 2 is 2.00 bits per heavy atom. The molecule has 1 fully saturated rings. The number of amides is 1. The lowest BCUT2D eigenvalue weighted by Gasteiger charge is -2.06. The second-order valence-corrected chi connectivity index (χ2v) is 8.11. The second-order valence-electron chi connectivity index (χ2n) is 5.34. The van der Waals surface area contributed by atoms with Crippen LogP contribution in [0.4, 0.5) is 5.13 Å². The summed E-state index contributed by atoms with van der Waals surface area (Å²) in [6.07, 6.45) is 3.70.